The van der Waals surface area contributed by atoms with E-state index in [2.05, 4.69) is 4.98 Å². The average molecular weight is 299 g/mol. The summed E-state index contributed by atoms with van der Waals surface area (Å²) in [5.74, 6) is 0. The van der Waals surface area contributed by atoms with E-state index in [1.165, 1.54) is 12.3 Å². The zero-order chi connectivity index (χ0) is 15.3. The minimum absolute atomic E-state index is 0.287. The van der Waals surface area contributed by atoms with Crippen LogP contribution in [0.4, 0.5) is 0 Å². The highest BCUT2D eigenvalue weighted by Crippen LogP contribution is 2.36. The van der Waals surface area contributed by atoms with Crippen molar-refractivity contribution in [1.82, 2.24) is 4.98 Å². The van der Waals surface area contributed by atoms with Gasteiger partial charge in [0.1, 0.15) is 4.90 Å². The molecule has 0 radical (unpaired) electrons. The van der Waals surface area contributed by atoms with E-state index in [0.29, 0.717) is 5.46 Å². The second kappa shape index (κ2) is 4.44. The van der Waals surface area contributed by atoms with Gasteiger partial charge in [-0.3, -0.25) is 4.79 Å². The van der Waals surface area contributed by atoms with Gasteiger partial charge in [0, 0.05) is 17.9 Å². The van der Waals surface area contributed by atoms with E-state index >= 15 is 0 Å². The minimum atomic E-state index is -3.60. The second-order valence-electron chi connectivity index (χ2n) is 5.99. The van der Waals surface area contributed by atoms with Gasteiger partial charge in [0.2, 0.25) is 0 Å². The van der Waals surface area contributed by atoms with Crippen LogP contribution in [0.2, 0.25) is 0 Å². The summed E-state index contributed by atoms with van der Waals surface area (Å²) in [7, 11) is -4.31. The molecule has 0 unspecified atom stereocenters. The fourth-order valence-corrected chi connectivity index (χ4v) is 2.62. The summed E-state index contributed by atoms with van der Waals surface area (Å²) < 4.78 is 34.8. The minimum Gasteiger partial charge on any atom is -0.399 e. The Bertz CT molecular complexity index is 676. The molecule has 0 aromatic carbocycles. The molecule has 1 aliphatic heterocycles. The fourth-order valence-electron chi connectivity index (χ4n) is 1.87. The van der Waals surface area contributed by atoms with Crippen LogP contribution < -0.4 is 11.0 Å². The topological polar surface area (TPSA) is 85.5 Å². The van der Waals surface area contributed by atoms with Crippen LogP contribution in [0.15, 0.2) is 22.0 Å². The van der Waals surface area contributed by atoms with Crippen LogP contribution in [-0.2, 0) is 19.1 Å². The van der Waals surface area contributed by atoms with Crippen LogP contribution in [0.3, 0.4) is 0 Å². The van der Waals surface area contributed by atoms with Gasteiger partial charge >= 0.3 is 7.12 Å². The first-order valence-electron chi connectivity index (χ1n) is 6.22. The summed E-state index contributed by atoms with van der Waals surface area (Å²) in [6.45, 7) is 7.60. The first kappa shape index (κ1) is 15.3. The van der Waals surface area contributed by atoms with Crippen molar-refractivity contribution in [2.45, 2.75) is 43.8 Å². The lowest BCUT2D eigenvalue weighted by atomic mass is 9.80. The van der Waals surface area contributed by atoms with E-state index < -0.39 is 33.7 Å². The maximum Gasteiger partial charge on any atom is 0.496 e. The van der Waals surface area contributed by atoms with E-state index in [0.717, 1.165) is 6.26 Å². The van der Waals surface area contributed by atoms with E-state index in [1.807, 2.05) is 27.7 Å². The monoisotopic (exact) mass is 299 g/mol. The normalized spacial score (nSPS) is 21.1. The lowest BCUT2D eigenvalue weighted by molar-refractivity contribution is 0.00578. The Morgan fingerprint density at radius 3 is 2.10 bits per heavy atom. The number of pyridine rings is 1. The molecule has 2 rings (SSSR count). The quantitative estimate of drug-likeness (QED) is 0.782. The molecule has 1 fully saturated rings. The Kier molecular flexibility index (Phi) is 3.39. The van der Waals surface area contributed by atoms with Crippen molar-refractivity contribution in [3.63, 3.8) is 0 Å². The van der Waals surface area contributed by atoms with E-state index in [9.17, 15) is 13.2 Å². The maximum atomic E-state index is 11.6. The molecule has 1 aromatic rings. The van der Waals surface area contributed by atoms with Crippen molar-refractivity contribution < 1.29 is 17.7 Å². The highest BCUT2D eigenvalue weighted by molar-refractivity contribution is 7.90. The van der Waals surface area contributed by atoms with Crippen LogP contribution in [0.5, 0.6) is 0 Å². The van der Waals surface area contributed by atoms with Crippen LogP contribution in [0.1, 0.15) is 27.7 Å². The summed E-state index contributed by atoms with van der Waals surface area (Å²) in [6.07, 6.45) is 2.41. The van der Waals surface area contributed by atoms with E-state index in [-0.39, 0.29) is 4.90 Å². The number of hydrogen-bond donors (Lipinski definition) is 1. The molecule has 0 spiro atoms. The van der Waals surface area contributed by atoms with Crippen molar-refractivity contribution in [3.05, 3.63) is 22.6 Å². The number of hydrogen-bond acceptors (Lipinski definition) is 5. The van der Waals surface area contributed by atoms with Crippen molar-refractivity contribution in [2.75, 3.05) is 6.26 Å². The summed E-state index contributed by atoms with van der Waals surface area (Å²) in [5.41, 5.74) is -1.23. The molecular formula is C12H18BNO5S. The van der Waals surface area contributed by atoms with Crippen molar-refractivity contribution in [1.29, 1.82) is 0 Å². The summed E-state index contributed by atoms with van der Waals surface area (Å²) in [5, 5.41) is 0. The first-order chi connectivity index (χ1) is 8.94. The number of aromatic nitrogens is 1. The molecule has 20 heavy (non-hydrogen) atoms. The number of rotatable bonds is 2. The lowest BCUT2D eigenvalue weighted by Crippen LogP contribution is -2.41. The molecule has 0 saturated carbocycles. The van der Waals surface area contributed by atoms with Gasteiger partial charge < -0.3 is 14.3 Å². The average Bonchev–Trinajstić information content (AvgIpc) is 2.47. The van der Waals surface area contributed by atoms with Gasteiger partial charge in [-0.05, 0) is 33.8 Å². The third-order valence-electron chi connectivity index (χ3n) is 3.82. The molecule has 6 nitrogen and oxygen atoms in total. The number of nitrogens with one attached hydrogen (secondary N) is 1. The molecule has 0 amide bonds. The Hall–Kier alpha value is -1.12. The fraction of sp³-hybridized carbons (Fsp3) is 0.583. The Morgan fingerprint density at radius 2 is 1.65 bits per heavy atom. The third kappa shape index (κ3) is 2.55. The second-order valence-corrected chi connectivity index (χ2v) is 7.97. The molecule has 1 aromatic heterocycles. The highest BCUT2D eigenvalue weighted by Gasteiger charge is 2.51. The summed E-state index contributed by atoms with van der Waals surface area (Å²) in [4.78, 5) is 13.7. The molecule has 1 aliphatic rings. The SMILES string of the molecule is CC1(C)OB(c2c[nH]c(=O)c(S(C)(=O)=O)c2)OC1(C)C. The Balaban J connectivity index is 2.45. The van der Waals surface area contributed by atoms with Crippen LogP contribution >= 0.6 is 0 Å². The largest absolute Gasteiger partial charge is 0.496 e. The zero-order valence-corrected chi connectivity index (χ0v) is 13.0. The smallest absolute Gasteiger partial charge is 0.399 e. The molecule has 8 heteroatoms. The van der Waals surface area contributed by atoms with Crippen molar-refractivity contribution >= 4 is 22.4 Å². The van der Waals surface area contributed by atoms with E-state index in [1.54, 1.807) is 0 Å². The van der Waals surface area contributed by atoms with Crippen LogP contribution in [-0.4, -0.2) is 38.0 Å². The lowest BCUT2D eigenvalue weighted by Gasteiger charge is -2.32. The number of H-pyrrole nitrogens is 1. The highest BCUT2D eigenvalue weighted by atomic mass is 32.2. The predicted molar refractivity (Wildman–Crippen MR) is 75.9 cm³/mol. The van der Waals surface area contributed by atoms with E-state index in [4.69, 9.17) is 9.31 Å². The molecule has 0 bridgehead atoms. The Morgan fingerprint density at radius 1 is 1.15 bits per heavy atom. The number of sulfone groups is 1. The molecule has 110 valence electrons. The molecule has 0 atom stereocenters. The van der Waals surface area contributed by atoms with Gasteiger partial charge in [0.25, 0.3) is 5.56 Å². The summed E-state index contributed by atoms with van der Waals surface area (Å²) in [6, 6.07) is 1.30. The molecular weight excluding hydrogens is 281 g/mol. The maximum absolute atomic E-state index is 11.6. The van der Waals surface area contributed by atoms with Gasteiger partial charge in [-0.25, -0.2) is 8.42 Å². The molecule has 2 heterocycles. The predicted octanol–water partition coefficient (Wildman–Crippen LogP) is 0.0776. The van der Waals surface area contributed by atoms with Gasteiger partial charge in [-0.1, -0.05) is 0 Å². The van der Waals surface area contributed by atoms with Crippen LogP contribution in [0, 0.1) is 0 Å². The van der Waals surface area contributed by atoms with Crippen molar-refractivity contribution in [2.24, 2.45) is 0 Å². The Labute approximate surface area is 118 Å². The first-order valence-corrected chi connectivity index (χ1v) is 8.11. The molecule has 1 N–H and O–H groups in total. The van der Waals surface area contributed by atoms with Crippen LogP contribution in [0.25, 0.3) is 0 Å². The van der Waals surface area contributed by atoms with Gasteiger partial charge in [0.15, 0.2) is 9.84 Å². The van der Waals surface area contributed by atoms with Gasteiger partial charge in [-0.2, -0.15) is 0 Å². The van der Waals surface area contributed by atoms with Gasteiger partial charge in [-0.15, -0.1) is 0 Å². The standard InChI is InChI=1S/C12H18BNO5S/c1-11(2)12(3,4)19-13(18-11)8-6-9(20(5,16)17)10(15)14-7-8/h6-7H,1-5H3,(H,14,15). The zero-order valence-electron chi connectivity index (χ0n) is 12.2. The summed E-state index contributed by atoms with van der Waals surface area (Å²) >= 11 is 0. The molecule has 1 saturated heterocycles. The van der Waals surface area contributed by atoms with Crippen molar-refractivity contribution in [3.8, 4) is 0 Å². The van der Waals surface area contributed by atoms with Gasteiger partial charge in [0.05, 0.1) is 11.2 Å². The molecule has 0 aliphatic carbocycles. The number of aromatic amines is 1. The third-order valence-corrected chi connectivity index (χ3v) is 4.92.